The molecule has 4 rings (SSSR count). The number of anilines is 1. The molecule has 0 aliphatic carbocycles. The lowest BCUT2D eigenvalue weighted by Gasteiger charge is -2.26. The van der Waals surface area contributed by atoms with Gasteiger partial charge in [0.05, 0.1) is 22.0 Å². The summed E-state index contributed by atoms with van der Waals surface area (Å²) in [6.07, 6.45) is 1.69. The lowest BCUT2D eigenvalue weighted by atomic mass is 9.93. The molecule has 9 heteroatoms. The molecule has 0 unspecified atom stereocenters. The summed E-state index contributed by atoms with van der Waals surface area (Å²) in [6, 6.07) is 11.2. The Balaban J connectivity index is 1.84. The van der Waals surface area contributed by atoms with Crippen LogP contribution in [-0.4, -0.2) is 36.5 Å². The van der Waals surface area contributed by atoms with E-state index < -0.39 is 21.7 Å². The highest BCUT2D eigenvalue weighted by Gasteiger charge is 2.32. The van der Waals surface area contributed by atoms with Crippen molar-refractivity contribution in [1.29, 1.82) is 0 Å². The van der Waals surface area contributed by atoms with Crippen LogP contribution in [0.2, 0.25) is 5.02 Å². The number of nitrogens with two attached hydrogens (primary N) is 1. The van der Waals surface area contributed by atoms with E-state index in [1.165, 1.54) is 4.68 Å². The van der Waals surface area contributed by atoms with Crippen LogP contribution >= 0.6 is 11.6 Å². The van der Waals surface area contributed by atoms with Gasteiger partial charge in [-0.1, -0.05) is 44.5 Å². The average Bonchev–Trinajstić information content (AvgIpc) is 3.16. The number of hydrogen-bond donors (Lipinski definition) is 1. The molecule has 0 saturated heterocycles. The van der Waals surface area contributed by atoms with Gasteiger partial charge in [0.25, 0.3) is 0 Å². The van der Waals surface area contributed by atoms with Crippen LogP contribution in [0, 0.1) is 5.82 Å². The van der Waals surface area contributed by atoms with E-state index in [4.69, 9.17) is 17.3 Å². The van der Waals surface area contributed by atoms with Crippen molar-refractivity contribution in [3.05, 3.63) is 70.8 Å². The van der Waals surface area contributed by atoms with Crippen molar-refractivity contribution in [2.45, 2.75) is 43.7 Å². The summed E-state index contributed by atoms with van der Waals surface area (Å²) in [4.78, 5) is 1.83. The van der Waals surface area contributed by atoms with E-state index in [9.17, 15) is 8.42 Å². The van der Waals surface area contributed by atoms with Crippen LogP contribution in [0.1, 0.15) is 32.0 Å². The van der Waals surface area contributed by atoms with E-state index in [-0.39, 0.29) is 21.8 Å². The first-order chi connectivity index (χ1) is 14.9. The standard InChI is InChI=1S/C23H26ClFN4O2S/c1-23(2,3)22-8-9-29(27-22)19-11-20-21(10-18(19)25)32(30,31)14-17(26)13-28(20)12-15-4-6-16(24)7-5-15/h4-11,17H,12-14,26H2,1-3H3/t17-/m1/s1. The van der Waals surface area contributed by atoms with Crippen molar-refractivity contribution in [3.8, 4) is 5.69 Å². The fourth-order valence-electron chi connectivity index (χ4n) is 3.83. The molecular formula is C23H26ClFN4O2S. The molecule has 32 heavy (non-hydrogen) atoms. The monoisotopic (exact) mass is 476 g/mol. The molecule has 1 aromatic heterocycles. The molecular weight excluding hydrogens is 451 g/mol. The number of nitrogens with zero attached hydrogens (tertiary/aromatic N) is 3. The van der Waals surface area contributed by atoms with Crippen LogP contribution in [0.5, 0.6) is 0 Å². The molecule has 0 bridgehead atoms. The maximum Gasteiger partial charge on any atom is 0.182 e. The van der Waals surface area contributed by atoms with Gasteiger partial charge in [0.1, 0.15) is 11.5 Å². The van der Waals surface area contributed by atoms with Crippen LogP contribution in [0.25, 0.3) is 5.69 Å². The second-order valence-electron chi connectivity index (χ2n) is 9.22. The first-order valence-electron chi connectivity index (χ1n) is 10.3. The highest BCUT2D eigenvalue weighted by Crippen LogP contribution is 2.35. The highest BCUT2D eigenvalue weighted by molar-refractivity contribution is 7.91. The number of sulfone groups is 1. The molecule has 170 valence electrons. The normalized spacial score (nSPS) is 18.3. The molecule has 1 aliphatic heterocycles. The average molecular weight is 477 g/mol. The Bertz CT molecular complexity index is 1250. The third-order valence-corrected chi connectivity index (χ3v) is 7.60. The van der Waals surface area contributed by atoms with E-state index in [1.807, 2.05) is 43.9 Å². The van der Waals surface area contributed by atoms with E-state index in [0.29, 0.717) is 23.8 Å². The maximum atomic E-state index is 15.2. The van der Waals surface area contributed by atoms with Crippen LogP contribution in [0.15, 0.2) is 53.6 Å². The molecule has 2 N–H and O–H groups in total. The zero-order valence-electron chi connectivity index (χ0n) is 18.2. The second-order valence-corrected chi connectivity index (χ2v) is 11.7. The van der Waals surface area contributed by atoms with E-state index >= 15 is 4.39 Å². The number of rotatable bonds is 3. The quantitative estimate of drug-likeness (QED) is 0.616. The lowest BCUT2D eigenvalue weighted by Crippen LogP contribution is -2.39. The molecule has 0 radical (unpaired) electrons. The molecule has 0 amide bonds. The largest absolute Gasteiger partial charge is 0.364 e. The minimum Gasteiger partial charge on any atom is -0.364 e. The maximum absolute atomic E-state index is 15.2. The SMILES string of the molecule is CC(C)(C)c1ccn(-c2cc3c(cc2F)S(=O)(=O)C[C@H](N)CN3Cc2ccc(Cl)cc2)n1. The van der Waals surface area contributed by atoms with Gasteiger partial charge in [0.2, 0.25) is 0 Å². The molecule has 2 aromatic carbocycles. The Morgan fingerprint density at radius 1 is 1.16 bits per heavy atom. The molecule has 1 aliphatic rings. The third kappa shape index (κ3) is 4.53. The molecule has 6 nitrogen and oxygen atoms in total. The first kappa shape index (κ1) is 22.8. The van der Waals surface area contributed by atoms with Crippen LogP contribution in [-0.2, 0) is 21.8 Å². The fraction of sp³-hybridized carbons (Fsp3) is 0.348. The molecule has 3 aromatic rings. The van der Waals surface area contributed by atoms with Gasteiger partial charge in [-0.05, 0) is 35.9 Å². The summed E-state index contributed by atoms with van der Waals surface area (Å²) in [7, 11) is -3.76. The zero-order chi connectivity index (χ0) is 23.3. The smallest absolute Gasteiger partial charge is 0.182 e. The van der Waals surface area contributed by atoms with E-state index in [1.54, 1.807) is 24.4 Å². The van der Waals surface area contributed by atoms with E-state index in [0.717, 1.165) is 17.3 Å². The van der Waals surface area contributed by atoms with Gasteiger partial charge in [-0.25, -0.2) is 17.5 Å². The van der Waals surface area contributed by atoms with Gasteiger partial charge in [-0.15, -0.1) is 0 Å². The molecule has 2 heterocycles. The van der Waals surface area contributed by atoms with Crippen molar-refractivity contribution < 1.29 is 12.8 Å². The van der Waals surface area contributed by atoms with Crippen molar-refractivity contribution in [2.24, 2.45) is 5.73 Å². The Kier molecular flexibility index (Phi) is 5.81. The van der Waals surface area contributed by atoms with Crippen molar-refractivity contribution in [2.75, 3.05) is 17.2 Å². The van der Waals surface area contributed by atoms with Gasteiger partial charge < -0.3 is 10.6 Å². The van der Waals surface area contributed by atoms with Gasteiger partial charge in [0.15, 0.2) is 9.84 Å². The predicted molar refractivity (Wildman–Crippen MR) is 125 cm³/mol. The Labute approximate surface area is 192 Å². The van der Waals surface area contributed by atoms with Crippen LogP contribution in [0.3, 0.4) is 0 Å². The zero-order valence-corrected chi connectivity index (χ0v) is 19.8. The summed E-state index contributed by atoms with van der Waals surface area (Å²) in [6.45, 7) is 6.79. The molecule has 0 saturated carbocycles. The highest BCUT2D eigenvalue weighted by atomic mass is 35.5. The number of halogens is 2. The summed E-state index contributed by atoms with van der Waals surface area (Å²) in [5, 5.41) is 5.14. The molecule has 1 atom stereocenters. The minimum atomic E-state index is -3.76. The third-order valence-electron chi connectivity index (χ3n) is 5.48. The minimum absolute atomic E-state index is 0.0520. The van der Waals surface area contributed by atoms with Crippen molar-refractivity contribution >= 4 is 27.1 Å². The summed E-state index contributed by atoms with van der Waals surface area (Å²) >= 11 is 6.00. The Morgan fingerprint density at radius 3 is 2.47 bits per heavy atom. The molecule has 0 spiro atoms. The van der Waals surface area contributed by atoms with Crippen LogP contribution in [0.4, 0.5) is 10.1 Å². The van der Waals surface area contributed by atoms with Gasteiger partial charge >= 0.3 is 0 Å². The number of hydrogen-bond acceptors (Lipinski definition) is 5. The number of fused-ring (bicyclic) bond motifs is 1. The topological polar surface area (TPSA) is 81.2 Å². The van der Waals surface area contributed by atoms with E-state index in [2.05, 4.69) is 5.10 Å². The second kappa shape index (κ2) is 8.17. The van der Waals surface area contributed by atoms with Crippen LogP contribution < -0.4 is 10.6 Å². The Morgan fingerprint density at radius 2 is 1.84 bits per heavy atom. The molecule has 0 fully saturated rings. The van der Waals surface area contributed by atoms with Crippen molar-refractivity contribution in [3.63, 3.8) is 0 Å². The summed E-state index contributed by atoms with van der Waals surface area (Å²) in [5.74, 6) is -0.899. The lowest BCUT2D eigenvalue weighted by molar-refractivity contribution is 0.554. The number of benzene rings is 2. The van der Waals surface area contributed by atoms with Gasteiger partial charge in [-0.2, -0.15) is 5.10 Å². The fourth-order valence-corrected chi connectivity index (χ4v) is 5.59. The summed E-state index contributed by atoms with van der Waals surface area (Å²) in [5.41, 5.74) is 8.28. The first-order valence-corrected chi connectivity index (χ1v) is 12.3. The predicted octanol–water partition coefficient (Wildman–Crippen LogP) is 4.08. The number of aromatic nitrogens is 2. The Hall–Kier alpha value is -2.42. The van der Waals surface area contributed by atoms with Crippen molar-refractivity contribution in [1.82, 2.24) is 9.78 Å². The van der Waals surface area contributed by atoms with Gasteiger partial charge in [-0.3, -0.25) is 0 Å². The van der Waals surface area contributed by atoms with Gasteiger partial charge in [0, 0.05) is 35.8 Å². The summed E-state index contributed by atoms with van der Waals surface area (Å²) < 4.78 is 42.5.